The Morgan fingerprint density at radius 1 is 0.333 bits per heavy atom. The monoisotopic (exact) mass is 1430 g/mol. The molecule has 0 spiro atoms. The Morgan fingerprint density at radius 2 is 0.657 bits per heavy atom. The Balaban J connectivity index is 1.04. The van der Waals surface area contributed by atoms with Crippen LogP contribution in [0.15, 0.2) is 243 Å². The first-order chi connectivity index (χ1) is 51.7. The lowest BCUT2D eigenvalue weighted by Crippen LogP contribution is -2.68. The van der Waals surface area contributed by atoms with Crippen LogP contribution in [0, 0.1) is 0 Å². The van der Waals surface area contributed by atoms with Gasteiger partial charge in [-0.3, -0.25) is 9.59 Å². The molecule has 15 atom stereocenters. The first kappa shape index (κ1) is 78.2. The molecule has 0 aliphatic carbocycles. The largest absolute Gasteiger partial charge is 0.457 e. The van der Waals surface area contributed by atoms with E-state index >= 15 is 0 Å². The average Bonchev–Trinajstić information content (AvgIpc) is 0.763. The van der Waals surface area contributed by atoms with E-state index < -0.39 is 98.1 Å². The predicted molar refractivity (Wildman–Crippen MR) is 396 cm³/mol. The van der Waals surface area contributed by atoms with Crippen LogP contribution >= 0.6 is 0 Å². The molecule has 3 aliphatic rings. The van der Waals surface area contributed by atoms with Crippen LogP contribution in [0.1, 0.15) is 110 Å². The number of esters is 1. The van der Waals surface area contributed by atoms with Crippen molar-refractivity contribution in [1.29, 1.82) is 0 Å². The number of hydrogen-bond donors (Lipinski definition) is 1. The van der Waals surface area contributed by atoms with E-state index in [4.69, 9.17) is 71.1 Å². The molecular weight excluding hydrogens is 1330 g/mol. The lowest BCUT2D eigenvalue weighted by Gasteiger charge is -2.51. The quantitative estimate of drug-likeness (QED) is 0.0281. The van der Waals surface area contributed by atoms with Crippen LogP contribution in [0.2, 0.25) is 0 Å². The highest BCUT2D eigenvalue weighted by Gasteiger charge is 2.57. The smallest absolute Gasteiger partial charge is 0.306 e. The van der Waals surface area contributed by atoms with E-state index in [0.717, 1.165) is 76.6 Å². The molecule has 105 heavy (non-hydrogen) atoms. The summed E-state index contributed by atoms with van der Waals surface area (Å²) in [6, 6.07) is 79.2. The number of amides is 1. The van der Waals surface area contributed by atoms with E-state index in [2.05, 4.69) is 12.2 Å². The molecule has 0 bridgehead atoms. The number of benzene rings is 8. The topological polar surface area (TPSA) is 185 Å². The van der Waals surface area contributed by atoms with Gasteiger partial charge in [-0.15, -0.1) is 0 Å². The summed E-state index contributed by atoms with van der Waals surface area (Å²) in [4.78, 5) is 26.7. The van der Waals surface area contributed by atoms with Crippen LogP contribution in [0.4, 0.5) is 0 Å². The molecule has 9 unspecified atom stereocenters. The lowest BCUT2D eigenvalue weighted by molar-refractivity contribution is -0.394. The highest BCUT2D eigenvalue weighted by molar-refractivity contribution is 5.81. The second kappa shape index (κ2) is 43.1. The molecule has 0 aromatic heterocycles. The molecule has 558 valence electrons. The standard InChI is InChI=1S/C87H103NO17/c1-4-5-6-7-8-33-52-93-85-82(97-58-69-44-27-14-28-45-69)80(96-57-68-42-25-13-26-43-68)78(73(101-85)62-92-54-65-36-19-10-20-37-65)104-87-84(99-60-71-48-31-16-32-49-71)81(77(94-55-66-38-21-11-22-39-66)72(102-87)61-91-53-64-34-17-9-18-35-64)105-86-83(98-59-70-46-29-15-30-47-70)79(95-56-67-40-23-12-24-41-67)76(63(2)100-86)103-75(90)51-50-74(89)88-3/h9-32,34-49,63,72-73,76-87H,4-8,33,50-62H2,1-3H3,(H,88,89)/t63?,72?,73?,76-,77-,78-,79+,80-,81-,82?,83?,84?,85?,86?,87?/m0/s1. The Morgan fingerprint density at radius 3 is 1.08 bits per heavy atom. The zero-order chi connectivity index (χ0) is 72.5. The van der Waals surface area contributed by atoms with Crippen LogP contribution in [0.5, 0.6) is 0 Å². The minimum atomic E-state index is -1.35. The van der Waals surface area contributed by atoms with Crippen molar-refractivity contribution < 1.29 is 80.6 Å². The van der Waals surface area contributed by atoms with Gasteiger partial charge in [-0.25, -0.2) is 0 Å². The highest BCUT2D eigenvalue weighted by Crippen LogP contribution is 2.40. The minimum Gasteiger partial charge on any atom is -0.457 e. The van der Waals surface area contributed by atoms with Crippen LogP contribution in [0.25, 0.3) is 0 Å². The van der Waals surface area contributed by atoms with E-state index in [0.29, 0.717) is 6.61 Å². The van der Waals surface area contributed by atoms with E-state index in [1.807, 2.05) is 250 Å². The second-order valence-corrected chi connectivity index (χ2v) is 26.8. The molecule has 8 aromatic carbocycles. The molecule has 3 saturated heterocycles. The van der Waals surface area contributed by atoms with Gasteiger partial charge in [0.05, 0.1) is 78.6 Å². The first-order valence-electron chi connectivity index (χ1n) is 37.2. The Bertz CT molecular complexity index is 3670. The van der Waals surface area contributed by atoms with Gasteiger partial charge in [0.2, 0.25) is 5.91 Å². The van der Waals surface area contributed by atoms with Crippen LogP contribution < -0.4 is 5.32 Å². The van der Waals surface area contributed by atoms with E-state index in [1.54, 1.807) is 0 Å². The summed E-state index contributed by atoms with van der Waals surface area (Å²) in [5, 5.41) is 2.61. The molecule has 1 N–H and O–H groups in total. The zero-order valence-corrected chi connectivity index (χ0v) is 60.6. The maximum absolute atomic E-state index is 14.1. The molecular formula is C87H103NO17. The van der Waals surface area contributed by atoms with E-state index in [-0.39, 0.29) is 84.8 Å². The molecule has 3 fully saturated rings. The predicted octanol–water partition coefficient (Wildman–Crippen LogP) is 14.7. The normalized spacial score (nSPS) is 24.6. The summed E-state index contributed by atoms with van der Waals surface area (Å²) in [5.41, 5.74) is 7.21. The van der Waals surface area contributed by atoms with Gasteiger partial charge in [0, 0.05) is 20.1 Å². The molecule has 8 aromatic rings. The van der Waals surface area contributed by atoms with Crippen molar-refractivity contribution >= 4 is 11.9 Å². The van der Waals surface area contributed by atoms with Gasteiger partial charge in [0.15, 0.2) is 25.0 Å². The fraction of sp³-hybridized carbons (Fsp3) is 0.425. The summed E-state index contributed by atoms with van der Waals surface area (Å²) in [7, 11) is 1.53. The van der Waals surface area contributed by atoms with E-state index in [1.165, 1.54) is 13.5 Å². The SMILES string of the molecule is CCCCCCCCOC1OC(COCc2ccccc2)[C@H](OC2OC(COCc3ccccc3)[C@H](OCc3ccccc3)[C@H](OC3OC(C)[C@H](OC(=O)CCC(=O)NC)[C@@H](OCc4ccccc4)C3OCc3ccccc3)C2OCc2ccccc2)[C@H](OCc2ccccc2)C1OCc1ccccc1. The van der Waals surface area contributed by atoms with Crippen molar-refractivity contribution in [3.05, 3.63) is 287 Å². The second-order valence-electron chi connectivity index (χ2n) is 26.8. The van der Waals surface area contributed by atoms with Crippen molar-refractivity contribution in [1.82, 2.24) is 5.32 Å². The van der Waals surface area contributed by atoms with Gasteiger partial charge in [0.25, 0.3) is 0 Å². The maximum atomic E-state index is 14.1. The summed E-state index contributed by atoms with van der Waals surface area (Å²) >= 11 is 0. The molecule has 1 amide bonds. The fourth-order valence-corrected chi connectivity index (χ4v) is 13.2. The van der Waals surface area contributed by atoms with Gasteiger partial charge in [0.1, 0.15) is 61.0 Å². The zero-order valence-electron chi connectivity index (χ0n) is 60.6. The molecule has 18 nitrogen and oxygen atoms in total. The third-order valence-corrected chi connectivity index (χ3v) is 18.9. The Kier molecular flexibility index (Phi) is 32.1. The third kappa shape index (κ3) is 24.6. The third-order valence-electron chi connectivity index (χ3n) is 18.9. The molecule has 0 radical (unpaired) electrons. The molecule has 0 saturated carbocycles. The van der Waals surface area contributed by atoms with Crippen LogP contribution in [0.3, 0.4) is 0 Å². The summed E-state index contributed by atoms with van der Waals surface area (Å²) in [6.45, 7) is 5.61. The number of nitrogens with one attached hydrogen (secondary N) is 1. The number of carbonyl (C=O) groups excluding carboxylic acids is 2. The number of carbonyl (C=O) groups is 2. The average molecular weight is 1430 g/mol. The van der Waals surface area contributed by atoms with Gasteiger partial charge < -0.3 is 76.4 Å². The van der Waals surface area contributed by atoms with E-state index in [9.17, 15) is 9.59 Å². The summed E-state index contributed by atoms with van der Waals surface area (Å²) in [6.07, 6.45) is -9.81. The Hall–Kier alpha value is -7.86. The number of rotatable bonds is 42. The van der Waals surface area contributed by atoms with Gasteiger partial charge in [-0.05, 0) is 57.9 Å². The van der Waals surface area contributed by atoms with Crippen molar-refractivity contribution in [2.45, 2.75) is 210 Å². The van der Waals surface area contributed by atoms with Gasteiger partial charge in [-0.2, -0.15) is 0 Å². The summed E-state index contributed by atoms with van der Waals surface area (Å²) < 4.78 is 108. The van der Waals surface area contributed by atoms with Crippen molar-refractivity contribution in [2.24, 2.45) is 0 Å². The van der Waals surface area contributed by atoms with Gasteiger partial charge >= 0.3 is 5.97 Å². The maximum Gasteiger partial charge on any atom is 0.306 e. The number of unbranched alkanes of at least 4 members (excludes halogenated alkanes) is 5. The molecule has 18 heteroatoms. The van der Waals surface area contributed by atoms with Crippen LogP contribution in [-0.4, -0.2) is 131 Å². The number of ether oxygens (including phenoxy) is 15. The molecule has 11 rings (SSSR count). The van der Waals surface area contributed by atoms with Crippen molar-refractivity contribution in [3.8, 4) is 0 Å². The Labute approximate surface area is 619 Å². The summed E-state index contributed by atoms with van der Waals surface area (Å²) in [5.74, 6) is -0.929. The van der Waals surface area contributed by atoms with Crippen molar-refractivity contribution in [3.63, 3.8) is 0 Å². The number of hydrogen-bond acceptors (Lipinski definition) is 17. The molecule has 3 aliphatic heterocycles. The fourth-order valence-electron chi connectivity index (χ4n) is 13.2. The van der Waals surface area contributed by atoms with Gasteiger partial charge in [-0.1, -0.05) is 282 Å². The highest BCUT2D eigenvalue weighted by atomic mass is 16.8. The lowest BCUT2D eigenvalue weighted by atomic mass is 9.95. The van der Waals surface area contributed by atoms with Crippen molar-refractivity contribution in [2.75, 3.05) is 26.9 Å². The first-order valence-corrected chi connectivity index (χ1v) is 37.2. The van der Waals surface area contributed by atoms with Crippen LogP contribution in [-0.2, 0) is 133 Å². The molecule has 3 heterocycles. The minimum absolute atomic E-state index is 0.0256.